The molecule has 7 heteroatoms. The van der Waals surface area contributed by atoms with Crippen LogP contribution in [0.15, 0.2) is 60.3 Å². The van der Waals surface area contributed by atoms with Crippen LogP contribution in [0.2, 0.25) is 0 Å². The molecule has 0 aliphatic carbocycles. The van der Waals surface area contributed by atoms with Crippen molar-refractivity contribution in [2.24, 2.45) is 0 Å². The molecule has 1 atom stereocenters. The summed E-state index contributed by atoms with van der Waals surface area (Å²) in [5.74, 6) is 0.136. The van der Waals surface area contributed by atoms with Gasteiger partial charge in [-0.05, 0) is 42.2 Å². The van der Waals surface area contributed by atoms with Gasteiger partial charge in [-0.1, -0.05) is 44.2 Å². The van der Waals surface area contributed by atoms with Gasteiger partial charge in [-0.25, -0.2) is 4.79 Å². The lowest BCUT2D eigenvalue weighted by Crippen LogP contribution is -2.52. The zero-order valence-corrected chi connectivity index (χ0v) is 19.9. The van der Waals surface area contributed by atoms with E-state index in [2.05, 4.69) is 26.0 Å². The zero-order valence-electron chi connectivity index (χ0n) is 19.9. The molecule has 2 aromatic carbocycles. The summed E-state index contributed by atoms with van der Waals surface area (Å²) in [6.45, 7) is 5.45. The van der Waals surface area contributed by atoms with E-state index in [9.17, 15) is 14.4 Å². The molecule has 1 saturated heterocycles. The van der Waals surface area contributed by atoms with Crippen LogP contribution in [0.4, 0.5) is 4.79 Å². The van der Waals surface area contributed by atoms with Crippen LogP contribution < -0.4 is 4.74 Å². The average Bonchev–Trinajstić information content (AvgIpc) is 3.21. The average molecular weight is 460 g/mol. The summed E-state index contributed by atoms with van der Waals surface area (Å²) in [4.78, 5) is 39.2. The quantitative estimate of drug-likeness (QED) is 0.380. The van der Waals surface area contributed by atoms with Gasteiger partial charge in [0.2, 0.25) is 0 Å². The van der Waals surface area contributed by atoms with Crippen molar-refractivity contribution in [2.75, 3.05) is 20.7 Å². The Balaban J connectivity index is 1.55. The molecule has 1 aromatic heterocycles. The summed E-state index contributed by atoms with van der Waals surface area (Å²) in [7, 11) is 2.75. The van der Waals surface area contributed by atoms with E-state index in [0.29, 0.717) is 19.1 Å². The lowest BCUT2D eigenvalue weighted by Gasteiger charge is -2.28. The van der Waals surface area contributed by atoms with E-state index in [1.807, 2.05) is 47.2 Å². The van der Waals surface area contributed by atoms with Crippen molar-refractivity contribution >= 4 is 34.8 Å². The van der Waals surface area contributed by atoms with Gasteiger partial charge in [0.15, 0.2) is 0 Å². The lowest BCUT2D eigenvalue weighted by molar-refractivity contribution is -0.134. The van der Waals surface area contributed by atoms with Crippen LogP contribution in [0.25, 0.3) is 17.0 Å². The lowest BCUT2D eigenvalue weighted by atomic mass is 9.99. The molecule has 1 unspecified atom stereocenters. The Hall–Kier alpha value is -3.87. The molecule has 176 valence electrons. The number of para-hydroxylation sites is 1. The minimum absolute atomic E-state index is 0.0369. The van der Waals surface area contributed by atoms with Gasteiger partial charge in [-0.2, -0.15) is 0 Å². The number of amides is 4. The van der Waals surface area contributed by atoms with Crippen LogP contribution >= 0.6 is 0 Å². The maximum absolute atomic E-state index is 12.6. The first-order chi connectivity index (χ1) is 16.3. The summed E-state index contributed by atoms with van der Waals surface area (Å²) in [5, 5.41) is 0.913. The number of carbonyl (C=O) groups excluding carboxylic acids is 3. The molecule has 4 amide bonds. The Morgan fingerprint density at radius 3 is 2.24 bits per heavy atom. The molecule has 0 N–H and O–H groups in total. The molecule has 3 aromatic rings. The smallest absolute Gasteiger partial charge is 0.333 e. The van der Waals surface area contributed by atoms with Crippen molar-refractivity contribution in [2.45, 2.75) is 32.7 Å². The van der Waals surface area contributed by atoms with Gasteiger partial charge in [0.05, 0.1) is 6.54 Å². The summed E-state index contributed by atoms with van der Waals surface area (Å²) in [5.41, 5.74) is 2.97. The minimum atomic E-state index is -0.635. The number of urea groups is 1. The zero-order chi connectivity index (χ0) is 24.4. The van der Waals surface area contributed by atoms with Crippen molar-refractivity contribution in [3.05, 3.63) is 71.4 Å². The third kappa shape index (κ3) is 4.33. The molecular weight excluding hydrogens is 430 g/mol. The SMILES string of the molecule is CCC(C)c1ccc(OCCn2cc(C=C3C(=O)N(C)C(=O)N(C)C3=O)c3ccccc32)cc1. The van der Waals surface area contributed by atoms with E-state index in [4.69, 9.17) is 4.74 Å². The monoisotopic (exact) mass is 459 g/mol. The Bertz CT molecular complexity index is 1250. The number of barbiturate groups is 1. The summed E-state index contributed by atoms with van der Waals surface area (Å²) < 4.78 is 8.01. The highest BCUT2D eigenvalue weighted by molar-refractivity contribution is 6.31. The highest BCUT2D eigenvalue weighted by atomic mass is 16.5. The number of hydrogen-bond acceptors (Lipinski definition) is 4. The Morgan fingerprint density at radius 1 is 0.941 bits per heavy atom. The molecule has 0 radical (unpaired) electrons. The van der Waals surface area contributed by atoms with Crippen LogP contribution in [0.1, 0.15) is 37.3 Å². The fourth-order valence-corrected chi connectivity index (χ4v) is 4.10. The maximum atomic E-state index is 12.6. The molecule has 7 nitrogen and oxygen atoms in total. The Kier molecular flexibility index (Phi) is 6.54. The number of ether oxygens (including phenoxy) is 1. The highest BCUT2D eigenvalue weighted by Crippen LogP contribution is 2.26. The van der Waals surface area contributed by atoms with Crippen LogP contribution in [0.3, 0.4) is 0 Å². The van der Waals surface area contributed by atoms with Gasteiger partial charge in [-0.15, -0.1) is 0 Å². The van der Waals surface area contributed by atoms with E-state index < -0.39 is 17.8 Å². The van der Waals surface area contributed by atoms with Gasteiger partial charge >= 0.3 is 6.03 Å². The first kappa shape index (κ1) is 23.3. The van der Waals surface area contributed by atoms with Crippen LogP contribution in [0.5, 0.6) is 5.75 Å². The Morgan fingerprint density at radius 2 is 1.59 bits per heavy atom. The summed E-state index contributed by atoms with van der Waals surface area (Å²) >= 11 is 0. The molecule has 34 heavy (non-hydrogen) atoms. The standard InChI is InChI=1S/C27H29N3O4/c1-5-18(2)19-10-12-21(13-11-19)34-15-14-30-17-20(22-8-6-7-9-24(22)30)16-23-25(31)28(3)27(33)29(4)26(23)32/h6-13,16-18H,5,14-15H2,1-4H3. The van der Waals surface area contributed by atoms with E-state index in [0.717, 1.165) is 38.4 Å². The number of aromatic nitrogens is 1. The van der Waals surface area contributed by atoms with Crippen LogP contribution in [-0.2, 0) is 16.1 Å². The number of benzene rings is 2. The number of hydrogen-bond donors (Lipinski definition) is 0. The maximum Gasteiger partial charge on any atom is 0.333 e. The van der Waals surface area contributed by atoms with Crippen molar-refractivity contribution in [1.29, 1.82) is 0 Å². The fraction of sp³-hybridized carbons (Fsp3) is 0.296. The summed E-state index contributed by atoms with van der Waals surface area (Å²) in [6, 6.07) is 15.4. The van der Waals surface area contributed by atoms with E-state index >= 15 is 0 Å². The van der Waals surface area contributed by atoms with Crippen LogP contribution in [-0.4, -0.2) is 52.9 Å². The molecule has 1 aliphatic heterocycles. The molecule has 0 bridgehead atoms. The van der Waals surface area contributed by atoms with E-state index in [1.54, 1.807) is 6.08 Å². The number of carbonyl (C=O) groups is 3. The first-order valence-corrected chi connectivity index (χ1v) is 11.4. The number of nitrogens with zero attached hydrogens (tertiary/aromatic N) is 3. The summed E-state index contributed by atoms with van der Waals surface area (Å²) in [6.07, 6.45) is 4.57. The molecular formula is C27H29N3O4. The van der Waals surface area contributed by atoms with Crippen molar-refractivity contribution in [3.63, 3.8) is 0 Å². The number of rotatable bonds is 7. The van der Waals surface area contributed by atoms with Crippen molar-refractivity contribution in [3.8, 4) is 5.75 Å². The molecule has 2 heterocycles. The second-order valence-corrected chi connectivity index (χ2v) is 8.59. The van der Waals surface area contributed by atoms with Crippen molar-refractivity contribution in [1.82, 2.24) is 14.4 Å². The number of fused-ring (bicyclic) bond motifs is 1. The van der Waals surface area contributed by atoms with E-state index in [1.165, 1.54) is 19.7 Å². The first-order valence-electron chi connectivity index (χ1n) is 11.4. The normalized spacial score (nSPS) is 15.3. The second-order valence-electron chi connectivity index (χ2n) is 8.59. The van der Waals surface area contributed by atoms with Crippen LogP contribution in [0, 0.1) is 0 Å². The molecule has 4 rings (SSSR count). The van der Waals surface area contributed by atoms with Gasteiger partial charge in [0, 0.05) is 36.8 Å². The van der Waals surface area contributed by atoms with Gasteiger partial charge in [0.25, 0.3) is 11.8 Å². The third-order valence-electron chi connectivity index (χ3n) is 6.43. The molecule has 1 fully saturated rings. The topological polar surface area (TPSA) is 71.8 Å². The molecule has 0 saturated carbocycles. The third-order valence-corrected chi connectivity index (χ3v) is 6.43. The number of imide groups is 2. The molecule has 1 aliphatic rings. The second kappa shape index (κ2) is 9.55. The van der Waals surface area contributed by atoms with Gasteiger partial charge < -0.3 is 9.30 Å². The number of likely N-dealkylation sites (N-methyl/N-ethyl adjacent to an activating group) is 2. The predicted octanol–water partition coefficient (Wildman–Crippen LogP) is 4.67. The van der Waals surface area contributed by atoms with Gasteiger partial charge in [0.1, 0.15) is 17.9 Å². The van der Waals surface area contributed by atoms with Crippen molar-refractivity contribution < 1.29 is 19.1 Å². The fourth-order valence-electron chi connectivity index (χ4n) is 4.10. The van der Waals surface area contributed by atoms with Gasteiger partial charge in [-0.3, -0.25) is 19.4 Å². The molecule has 0 spiro atoms. The predicted molar refractivity (Wildman–Crippen MR) is 131 cm³/mol. The largest absolute Gasteiger partial charge is 0.492 e. The Labute approximate surface area is 199 Å². The minimum Gasteiger partial charge on any atom is -0.492 e. The van der Waals surface area contributed by atoms with E-state index in [-0.39, 0.29) is 5.57 Å². The highest BCUT2D eigenvalue weighted by Gasteiger charge is 2.37.